The van der Waals surface area contributed by atoms with Gasteiger partial charge in [0.1, 0.15) is 24.7 Å². The Hall–Kier alpha value is -4.79. The smallest absolute Gasteiger partial charge is 0.331 e. The van der Waals surface area contributed by atoms with Crippen LogP contribution in [0.15, 0.2) is 66.8 Å². The van der Waals surface area contributed by atoms with Crippen molar-refractivity contribution in [3.63, 3.8) is 0 Å². The lowest BCUT2D eigenvalue weighted by Crippen LogP contribution is -2.46. The van der Waals surface area contributed by atoms with Gasteiger partial charge in [0, 0.05) is 42.6 Å². The van der Waals surface area contributed by atoms with Crippen LogP contribution in [0.4, 0.5) is 11.4 Å². The molecule has 2 atom stereocenters. The monoisotopic (exact) mass is 1030 g/mol. The van der Waals surface area contributed by atoms with E-state index in [0.717, 1.165) is 47.1 Å². The number of carbonyl (C=O) groups excluding carboxylic acids is 2. The number of likely N-dealkylation sites (tertiary alicyclic amines) is 2. The summed E-state index contributed by atoms with van der Waals surface area (Å²) < 4.78 is 57.2. The van der Waals surface area contributed by atoms with Crippen LogP contribution in [0.1, 0.15) is 145 Å². The predicted molar refractivity (Wildman–Crippen MR) is 292 cm³/mol. The molecule has 2 heterocycles. The van der Waals surface area contributed by atoms with Crippen LogP contribution in [0.25, 0.3) is 0 Å². The minimum atomic E-state index is -3.35. The van der Waals surface area contributed by atoms with E-state index in [4.69, 9.17) is 43.9 Å². The van der Waals surface area contributed by atoms with Crippen LogP contribution in [0.5, 0.6) is 23.0 Å². The molecule has 0 saturated carbocycles. The third-order valence-corrected chi connectivity index (χ3v) is 20.3. The van der Waals surface area contributed by atoms with Gasteiger partial charge < -0.3 is 53.7 Å². The number of nitrogen functional groups attached to an aromatic ring is 2. The first kappa shape index (κ1) is 58.1. The quantitative estimate of drug-likeness (QED) is 0.0321. The summed E-state index contributed by atoms with van der Waals surface area (Å²) in [5, 5.41) is 0.0425. The molecular formula is C56H85N4O10PSi. The molecular weight excluding hydrogens is 948 g/mol. The first-order chi connectivity index (χ1) is 33.4. The number of unbranched alkanes of at least 4 members (excludes halogenated alkanes) is 2. The average molecular weight is 1030 g/mol. The van der Waals surface area contributed by atoms with Crippen LogP contribution in [0.3, 0.4) is 0 Å². The Kier molecular flexibility index (Phi) is 19.0. The second-order valence-corrected chi connectivity index (χ2v) is 29.9. The van der Waals surface area contributed by atoms with Crippen LogP contribution < -0.4 is 30.4 Å². The van der Waals surface area contributed by atoms with Crippen molar-refractivity contribution in [1.29, 1.82) is 0 Å². The van der Waals surface area contributed by atoms with Gasteiger partial charge >= 0.3 is 7.60 Å². The number of methoxy groups -OCH3 is 1. The van der Waals surface area contributed by atoms with Crippen molar-refractivity contribution in [2.45, 2.75) is 169 Å². The molecule has 0 aromatic heterocycles. The zero-order valence-electron chi connectivity index (χ0n) is 45.9. The van der Waals surface area contributed by atoms with Crippen molar-refractivity contribution in [2.75, 3.05) is 51.0 Å². The summed E-state index contributed by atoms with van der Waals surface area (Å²) in [5.74, 6) is 1.57. The normalized spacial score (nSPS) is 16.9. The van der Waals surface area contributed by atoms with Crippen LogP contribution in [0.2, 0.25) is 18.1 Å². The highest BCUT2D eigenvalue weighted by Crippen LogP contribution is 2.55. The highest BCUT2D eigenvalue weighted by molar-refractivity contribution is 7.53. The molecule has 2 aliphatic rings. The molecule has 2 amide bonds. The summed E-state index contributed by atoms with van der Waals surface area (Å²) in [4.78, 5) is 31.5. The Labute approximate surface area is 431 Å². The third-order valence-electron chi connectivity index (χ3n) is 13.3. The number of hydrogen-bond acceptors (Lipinski definition) is 12. The number of hydrogen-bond donors (Lipinski definition) is 2. The number of carbonyl (C=O) groups is 2. The zero-order chi connectivity index (χ0) is 53.6. The summed E-state index contributed by atoms with van der Waals surface area (Å²) in [6.07, 6.45) is 4.64. The van der Waals surface area contributed by atoms with Gasteiger partial charge in [0.2, 0.25) is 0 Å². The lowest BCUT2D eigenvalue weighted by molar-refractivity contribution is 0.0489. The van der Waals surface area contributed by atoms with E-state index in [1.165, 1.54) is 7.11 Å². The van der Waals surface area contributed by atoms with Gasteiger partial charge in [-0.3, -0.25) is 14.2 Å². The van der Waals surface area contributed by atoms with Crippen LogP contribution >= 0.6 is 7.60 Å². The summed E-state index contributed by atoms with van der Waals surface area (Å²) >= 11 is 0. The van der Waals surface area contributed by atoms with E-state index in [1.54, 1.807) is 24.3 Å². The first-order valence-electron chi connectivity index (χ1n) is 25.4. The van der Waals surface area contributed by atoms with Crippen molar-refractivity contribution in [3.05, 3.63) is 94.6 Å². The molecule has 0 radical (unpaired) electrons. The standard InChI is InChI=1S/C56H85N4O10PSi/c1-17-42-23-37(2)32-59(42)53(62)46-29-50(64-14)51(31-48(46)58)67-35-41-26-40(27-44(28-41)65-21-19-18-20-22-71(63,69-54(5,6)7)70-55(8,9)10)34-66-49-30-47(57)45(25-39(49)4)52(61)60-33-38(3)24-43(60)36-68-72(15,16)56(11,12)13/h25-31,42-43H,2-3,17-24,32-36,57-58H2,1,4-16H3/t42-,43+/m1/s1. The summed E-state index contributed by atoms with van der Waals surface area (Å²) in [6.45, 7) is 36.7. The van der Waals surface area contributed by atoms with Crippen molar-refractivity contribution < 1.29 is 46.6 Å². The van der Waals surface area contributed by atoms with Crippen molar-refractivity contribution in [3.8, 4) is 23.0 Å². The van der Waals surface area contributed by atoms with E-state index in [1.807, 2.05) is 76.5 Å². The molecule has 3 aromatic carbocycles. The topological polar surface area (TPSA) is 174 Å². The Bertz CT molecular complexity index is 2470. The van der Waals surface area contributed by atoms with Gasteiger partial charge in [-0.1, -0.05) is 52.0 Å². The van der Waals surface area contributed by atoms with Gasteiger partial charge in [-0.15, -0.1) is 0 Å². The number of ether oxygens (including phenoxy) is 4. The number of amides is 2. The van der Waals surface area contributed by atoms with Crippen molar-refractivity contribution >= 4 is 39.1 Å². The summed E-state index contributed by atoms with van der Waals surface area (Å²) in [5.41, 5.74) is 17.6. The molecule has 72 heavy (non-hydrogen) atoms. The summed E-state index contributed by atoms with van der Waals surface area (Å²) in [7, 11) is -3.87. The molecule has 0 spiro atoms. The van der Waals surface area contributed by atoms with E-state index in [2.05, 4.69) is 53.9 Å². The molecule has 0 aliphatic carbocycles. The Morgan fingerprint density at radius 2 is 1.22 bits per heavy atom. The molecule has 0 unspecified atom stereocenters. The molecule has 14 nitrogen and oxygen atoms in total. The number of aryl methyl sites for hydroxylation is 1. The highest BCUT2D eigenvalue weighted by Gasteiger charge is 2.40. The Morgan fingerprint density at radius 3 is 1.75 bits per heavy atom. The van der Waals surface area contributed by atoms with Crippen LogP contribution in [0, 0.1) is 6.92 Å². The first-order valence-corrected chi connectivity index (χ1v) is 30.0. The fourth-order valence-electron chi connectivity index (χ4n) is 8.67. The molecule has 16 heteroatoms. The lowest BCUT2D eigenvalue weighted by atomic mass is 10.1. The van der Waals surface area contributed by atoms with E-state index >= 15 is 0 Å². The average Bonchev–Trinajstić information content (AvgIpc) is 3.85. The summed E-state index contributed by atoms with van der Waals surface area (Å²) in [6, 6.07) is 12.5. The zero-order valence-corrected chi connectivity index (χ0v) is 47.8. The maximum atomic E-state index is 14.1. The largest absolute Gasteiger partial charge is 0.494 e. The minimum absolute atomic E-state index is 0.0425. The van der Waals surface area contributed by atoms with Gasteiger partial charge in [-0.2, -0.15) is 0 Å². The molecule has 398 valence electrons. The van der Waals surface area contributed by atoms with Crippen LogP contribution in [-0.2, 0) is 31.3 Å². The van der Waals surface area contributed by atoms with E-state index in [0.29, 0.717) is 91.5 Å². The third kappa shape index (κ3) is 15.9. The molecule has 0 bridgehead atoms. The second kappa shape index (κ2) is 23.6. The SMILES string of the molecule is C=C1C[C@@H](CC)N(C(=O)c2cc(OC)c(OCc3cc(COc4cc(N)c(C(=O)N5CC(=C)C[C@H]5CO[Si](C)(C)C(C)(C)C)cc4C)cc(OCCCCCP(=O)(OC(C)(C)C)OC(C)(C)C)c3)cc2N)C1. The number of benzene rings is 3. The van der Waals surface area contributed by atoms with Gasteiger partial charge in [0.15, 0.2) is 19.8 Å². The van der Waals surface area contributed by atoms with Gasteiger partial charge in [0.05, 0.1) is 54.9 Å². The minimum Gasteiger partial charge on any atom is -0.494 e. The van der Waals surface area contributed by atoms with Crippen molar-refractivity contribution in [1.82, 2.24) is 9.80 Å². The van der Waals surface area contributed by atoms with Crippen LogP contribution in [-0.4, -0.2) is 92.8 Å². The molecule has 2 fully saturated rings. The number of anilines is 2. The Balaban J connectivity index is 1.33. The van der Waals surface area contributed by atoms with Gasteiger partial charge in [-0.05, 0) is 152 Å². The predicted octanol–water partition coefficient (Wildman–Crippen LogP) is 12.7. The van der Waals surface area contributed by atoms with Crippen molar-refractivity contribution in [2.24, 2.45) is 0 Å². The lowest BCUT2D eigenvalue weighted by Gasteiger charge is -2.38. The number of nitrogens with two attached hydrogens (primary N) is 2. The molecule has 4 N–H and O–H groups in total. The fourth-order valence-corrected chi connectivity index (χ4v) is 12.2. The van der Waals surface area contributed by atoms with Gasteiger partial charge in [0.25, 0.3) is 11.8 Å². The fraction of sp³-hybridized carbons (Fsp3) is 0.571. The highest BCUT2D eigenvalue weighted by atomic mass is 31.2. The molecule has 5 rings (SSSR count). The van der Waals surface area contributed by atoms with E-state index in [-0.39, 0.29) is 47.8 Å². The number of rotatable bonds is 22. The maximum Gasteiger partial charge on any atom is 0.331 e. The van der Waals surface area contributed by atoms with E-state index in [9.17, 15) is 14.2 Å². The molecule has 2 aliphatic heterocycles. The van der Waals surface area contributed by atoms with Gasteiger partial charge in [-0.25, -0.2) is 0 Å². The maximum absolute atomic E-state index is 14.1. The molecule has 2 saturated heterocycles. The van der Waals surface area contributed by atoms with E-state index < -0.39 is 27.1 Å². The Morgan fingerprint density at radius 1 is 0.708 bits per heavy atom. The number of nitrogens with zero attached hydrogens (tertiary/aromatic N) is 2. The molecule has 3 aromatic rings. The second-order valence-electron chi connectivity index (χ2n) is 23.1.